The van der Waals surface area contributed by atoms with Crippen LogP contribution in [0.1, 0.15) is 30.5 Å². The molecule has 1 aliphatic heterocycles. The number of hydrogen-bond acceptors (Lipinski definition) is 4. The highest BCUT2D eigenvalue weighted by molar-refractivity contribution is 7.88. The number of carbonyl (C=O) groups is 1. The van der Waals surface area contributed by atoms with Crippen LogP contribution in [0.4, 0.5) is 5.82 Å². The van der Waals surface area contributed by atoms with Crippen LogP contribution in [0.25, 0.3) is 5.69 Å². The fourth-order valence-corrected chi connectivity index (χ4v) is 4.86. The standard InChI is InChI=1S/C19H24N4O3S/c1-27(25,26)22-12-6-7-14(13-22)19(24)20-18-16-10-5-11-17(16)21-23(18)15-8-3-2-4-9-15/h2-4,8-9,14H,5-7,10-13H2,1H3,(H,20,24). The van der Waals surface area contributed by atoms with Crippen molar-refractivity contribution in [2.75, 3.05) is 24.7 Å². The van der Waals surface area contributed by atoms with Gasteiger partial charge in [-0.3, -0.25) is 4.79 Å². The zero-order chi connectivity index (χ0) is 19.0. The van der Waals surface area contributed by atoms with Crippen LogP contribution in [0.2, 0.25) is 0 Å². The Morgan fingerprint density at radius 1 is 1.19 bits per heavy atom. The van der Waals surface area contributed by atoms with Crippen molar-refractivity contribution in [1.29, 1.82) is 0 Å². The third-order valence-electron chi connectivity index (χ3n) is 5.37. The van der Waals surface area contributed by atoms with Crippen LogP contribution in [0.5, 0.6) is 0 Å². The van der Waals surface area contributed by atoms with Gasteiger partial charge in [0.2, 0.25) is 15.9 Å². The molecule has 0 bridgehead atoms. The van der Waals surface area contributed by atoms with Gasteiger partial charge in [-0.15, -0.1) is 0 Å². The normalized spacial score (nSPS) is 20.4. The number of fused-ring (bicyclic) bond motifs is 1. The van der Waals surface area contributed by atoms with Gasteiger partial charge in [0.1, 0.15) is 5.82 Å². The minimum Gasteiger partial charge on any atom is -0.310 e. The van der Waals surface area contributed by atoms with Crippen LogP contribution < -0.4 is 5.32 Å². The molecule has 1 saturated heterocycles. The number of nitrogens with zero attached hydrogens (tertiary/aromatic N) is 3. The van der Waals surface area contributed by atoms with Gasteiger partial charge in [0.15, 0.2) is 0 Å². The van der Waals surface area contributed by atoms with Crippen molar-refractivity contribution in [3.63, 3.8) is 0 Å². The lowest BCUT2D eigenvalue weighted by Gasteiger charge is -2.30. The Balaban J connectivity index is 1.60. The first kappa shape index (κ1) is 18.2. The second-order valence-electron chi connectivity index (χ2n) is 7.32. The highest BCUT2D eigenvalue weighted by atomic mass is 32.2. The van der Waals surface area contributed by atoms with Crippen molar-refractivity contribution in [2.45, 2.75) is 32.1 Å². The van der Waals surface area contributed by atoms with Crippen molar-refractivity contribution in [1.82, 2.24) is 14.1 Å². The third-order valence-corrected chi connectivity index (χ3v) is 6.64. The Hall–Kier alpha value is -2.19. The van der Waals surface area contributed by atoms with Gasteiger partial charge in [-0.25, -0.2) is 17.4 Å². The fraction of sp³-hybridized carbons (Fsp3) is 0.474. The molecule has 8 heteroatoms. The van der Waals surface area contributed by atoms with Gasteiger partial charge in [-0.05, 0) is 44.2 Å². The molecule has 0 saturated carbocycles. The number of sulfonamides is 1. The maximum Gasteiger partial charge on any atom is 0.229 e. The summed E-state index contributed by atoms with van der Waals surface area (Å²) in [6.07, 6.45) is 5.45. The van der Waals surface area contributed by atoms with Crippen LogP contribution in [-0.2, 0) is 27.7 Å². The van der Waals surface area contributed by atoms with Crippen molar-refractivity contribution < 1.29 is 13.2 Å². The Labute approximate surface area is 159 Å². The molecule has 1 fully saturated rings. The lowest BCUT2D eigenvalue weighted by atomic mass is 9.99. The molecular weight excluding hydrogens is 364 g/mol. The smallest absolute Gasteiger partial charge is 0.229 e. The number of aryl methyl sites for hydroxylation is 1. The maximum atomic E-state index is 12.9. The molecule has 2 aromatic rings. The van der Waals surface area contributed by atoms with Crippen molar-refractivity contribution in [3.05, 3.63) is 41.6 Å². The van der Waals surface area contributed by atoms with Gasteiger partial charge in [0.25, 0.3) is 0 Å². The van der Waals surface area contributed by atoms with E-state index in [0.717, 1.165) is 42.0 Å². The molecule has 2 heterocycles. The molecule has 1 N–H and O–H groups in total. The van der Waals surface area contributed by atoms with Gasteiger partial charge >= 0.3 is 0 Å². The highest BCUT2D eigenvalue weighted by Gasteiger charge is 2.32. The fourth-order valence-electron chi connectivity index (χ4n) is 3.95. The molecule has 4 rings (SSSR count). The summed E-state index contributed by atoms with van der Waals surface area (Å²) in [4.78, 5) is 12.9. The molecule has 1 amide bonds. The maximum absolute atomic E-state index is 12.9. The number of nitrogens with one attached hydrogen (secondary N) is 1. The summed E-state index contributed by atoms with van der Waals surface area (Å²) in [6, 6.07) is 9.76. The van der Waals surface area contributed by atoms with E-state index in [2.05, 4.69) is 5.32 Å². The van der Waals surface area contributed by atoms with E-state index < -0.39 is 10.0 Å². The van der Waals surface area contributed by atoms with E-state index in [1.165, 1.54) is 10.6 Å². The quantitative estimate of drug-likeness (QED) is 0.868. The predicted octanol–water partition coefficient (Wildman–Crippen LogP) is 1.97. The lowest BCUT2D eigenvalue weighted by molar-refractivity contribution is -0.120. The van der Waals surface area contributed by atoms with Crippen LogP contribution in [-0.4, -0.2) is 47.8 Å². The van der Waals surface area contributed by atoms with Gasteiger partial charge < -0.3 is 5.32 Å². The number of rotatable bonds is 4. The summed E-state index contributed by atoms with van der Waals surface area (Å²) >= 11 is 0. The van der Waals surface area contributed by atoms with E-state index in [0.29, 0.717) is 19.4 Å². The van der Waals surface area contributed by atoms with E-state index in [4.69, 9.17) is 5.10 Å². The number of aromatic nitrogens is 2. The first-order valence-electron chi connectivity index (χ1n) is 9.35. The topological polar surface area (TPSA) is 84.3 Å². The van der Waals surface area contributed by atoms with E-state index in [-0.39, 0.29) is 18.4 Å². The van der Waals surface area contributed by atoms with E-state index >= 15 is 0 Å². The number of hydrogen-bond donors (Lipinski definition) is 1. The number of anilines is 1. The molecule has 0 radical (unpaired) electrons. The molecule has 2 aliphatic rings. The summed E-state index contributed by atoms with van der Waals surface area (Å²) in [5.41, 5.74) is 3.04. The first-order valence-corrected chi connectivity index (χ1v) is 11.2. The Morgan fingerprint density at radius 3 is 2.70 bits per heavy atom. The van der Waals surface area contributed by atoms with E-state index in [1.54, 1.807) is 4.68 Å². The molecule has 1 unspecified atom stereocenters. The lowest BCUT2D eigenvalue weighted by Crippen LogP contribution is -2.43. The van der Waals surface area contributed by atoms with Gasteiger partial charge in [-0.2, -0.15) is 5.10 Å². The molecule has 144 valence electrons. The van der Waals surface area contributed by atoms with Gasteiger partial charge in [0.05, 0.1) is 23.6 Å². The second kappa shape index (κ2) is 7.09. The molecule has 1 atom stereocenters. The van der Waals surface area contributed by atoms with Gasteiger partial charge in [0, 0.05) is 18.7 Å². The molecule has 27 heavy (non-hydrogen) atoms. The Bertz CT molecular complexity index is 953. The SMILES string of the molecule is CS(=O)(=O)N1CCCC(C(=O)Nc2c3c(nn2-c2ccccc2)CCC3)C1. The van der Waals surface area contributed by atoms with Crippen molar-refractivity contribution in [2.24, 2.45) is 5.92 Å². The van der Waals surface area contributed by atoms with Crippen molar-refractivity contribution >= 4 is 21.7 Å². The van der Waals surface area contributed by atoms with Crippen LogP contribution in [0.3, 0.4) is 0 Å². The van der Waals surface area contributed by atoms with Gasteiger partial charge in [-0.1, -0.05) is 18.2 Å². The average molecular weight is 388 g/mol. The largest absolute Gasteiger partial charge is 0.310 e. The molecule has 7 nitrogen and oxygen atoms in total. The number of para-hydroxylation sites is 1. The van der Waals surface area contributed by atoms with Crippen LogP contribution in [0.15, 0.2) is 30.3 Å². The summed E-state index contributed by atoms with van der Waals surface area (Å²) in [5.74, 6) is 0.259. The highest BCUT2D eigenvalue weighted by Crippen LogP contribution is 2.31. The Kier molecular flexibility index (Phi) is 4.77. The summed E-state index contributed by atoms with van der Waals surface area (Å²) in [5, 5.41) is 7.78. The number of amides is 1. The second-order valence-corrected chi connectivity index (χ2v) is 9.31. The van der Waals surface area contributed by atoms with Crippen LogP contribution in [0, 0.1) is 5.92 Å². The summed E-state index contributed by atoms with van der Waals surface area (Å²) in [7, 11) is -3.28. The molecule has 0 spiro atoms. The predicted molar refractivity (Wildman–Crippen MR) is 103 cm³/mol. The molecule has 1 aromatic heterocycles. The van der Waals surface area contributed by atoms with Crippen LogP contribution >= 0.6 is 0 Å². The first-order chi connectivity index (χ1) is 12.9. The number of benzene rings is 1. The average Bonchev–Trinajstić information content (AvgIpc) is 3.24. The monoisotopic (exact) mass is 388 g/mol. The number of carbonyl (C=O) groups excluding carboxylic acids is 1. The summed E-state index contributed by atoms with van der Waals surface area (Å²) < 4.78 is 26.9. The summed E-state index contributed by atoms with van der Waals surface area (Å²) in [6.45, 7) is 0.728. The zero-order valence-corrected chi connectivity index (χ0v) is 16.2. The van der Waals surface area contributed by atoms with Crippen molar-refractivity contribution in [3.8, 4) is 5.69 Å². The Morgan fingerprint density at radius 2 is 1.96 bits per heavy atom. The van der Waals surface area contributed by atoms with E-state index in [9.17, 15) is 13.2 Å². The molecular formula is C19H24N4O3S. The minimum atomic E-state index is -3.28. The number of piperidine rings is 1. The third kappa shape index (κ3) is 3.64. The zero-order valence-electron chi connectivity index (χ0n) is 15.4. The minimum absolute atomic E-state index is 0.130. The molecule has 1 aromatic carbocycles. The van der Waals surface area contributed by atoms with E-state index in [1.807, 2.05) is 30.3 Å². The molecule has 1 aliphatic carbocycles.